The average molecular weight is 181 g/mol. The Labute approximate surface area is 81.0 Å². The van der Waals surface area contributed by atoms with Crippen LogP contribution in [-0.4, -0.2) is 4.98 Å². The lowest BCUT2D eigenvalue weighted by atomic mass is 10.2. The molecule has 0 saturated heterocycles. The fourth-order valence-electron chi connectivity index (χ4n) is 1.59. The largest absolute Gasteiger partial charge is 0.254 e. The average Bonchev–Trinajstić information content (AvgIpc) is 2.54. The number of aromatic nitrogens is 2. The van der Waals surface area contributed by atoms with Crippen molar-refractivity contribution in [3.05, 3.63) is 18.2 Å². The molecule has 0 atom stereocenters. The van der Waals surface area contributed by atoms with Crippen LogP contribution >= 0.6 is 0 Å². The summed E-state index contributed by atoms with van der Waals surface area (Å²) in [4.78, 5) is 3.30. The Morgan fingerprint density at radius 3 is 2.77 bits per heavy atom. The summed E-state index contributed by atoms with van der Waals surface area (Å²) in [7, 11) is 0. The van der Waals surface area contributed by atoms with Gasteiger partial charge in [-0.1, -0.05) is 20.3 Å². The molecule has 0 saturated carbocycles. The number of aromatic amines is 1. The Morgan fingerprint density at radius 2 is 2.08 bits per heavy atom. The van der Waals surface area contributed by atoms with Crippen molar-refractivity contribution in [1.29, 1.82) is 0 Å². The molecule has 1 N–H and O–H groups in total. The summed E-state index contributed by atoms with van der Waals surface area (Å²) in [6.07, 6.45) is 10.5. The van der Waals surface area contributed by atoms with E-state index in [4.69, 9.17) is 0 Å². The highest BCUT2D eigenvalue weighted by molar-refractivity contribution is 4.76. The molecule has 0 aliphatic rings. The van der Waals surface area contributed by atoms with Gasteiger partial charge in [0.2, 0.25) is 0 Å². The highest BCUT2D eigenvalue weighted by Crippen LogP contribution is 1.96. The fraction of sp³-hybridized carbons (Fsp3) is 0.727. The van der Waals surface area contributed by atoms with E-state index in [1.165, 1.54) is 44.5 Å². The zero-order chi connectivity index (χ0) is 9.52. The van der Waals surface area contributed by atoms with Gasteiger partial charge in [-0.05, 0) is 19.3 Å². The van der Waals surface area contributed by atoms with Crippen LogP contribution in [0.2, 0.25) is 0 Å². The fourth-order valence-corrected chi connectivity index (χ4v) is 1.59. The maximum atomic E-state index is 3.30. The lowest BCUT2D eigenvalue weighted by Gasteiger charge is -1.98. The molecule has 0 bridgehead atoms. The summed E-state index contributed by atoms with van der Waals surface area (Å²) in [5.74, 6) is 1.37. The number of hydrogen-bond donors (Lipinski definition) is 1. The van der Waals surface area contributed by atoms with E-state index in [1.54, 1.807) is 0 Å². The van der Waals surface area contributed by atoms with E-state index in [0.717, 1.165) is 0 Å². The third-order valence-electron chi connectivity index (χ3n) is 2.34. The first-order chi connectivity index (χ1) is 6.38. The van der Waals surface area contributed by atoms with Crippen LogP contribution in [0.4, 0.5) is 0 Å². The van der Waals surface area contributed by atoms with Crippen molar-refractivity contribution in [3.8, 4) is 0 Å². The number of rotatable bonds is 6. The van der Waals surface area contributed by atoms with Crippen LogP contribution in [0, 0.1) is 0 Å². The molecule has 1 rings (SSSR count). The summed E-state index contributed by atoms with van der Waals surface area (Å²) in [6, 6.07) is 0. The summed E-state index contributed by atoms with van der Waals surface area (Å²) in [5.41, 5.74) is 0. The minimum Gasteiger partial charge on any atom is -0.248 e. The van der Waals surface area contributed by atoms with E-state index in [9.17, 15) is 0 Å². The second kappa shape index (κ2) is 5.79. The van der Waals surface area contributed by atoms with Crippen molar-refractivity contribution >= 4 is 0 Å². The maximum absolute atomic E-state index is 3.30. The van der Waals surface area contributed by atoms with Crippen molar-refractivity contribution < 1.29 is 4.57 Å². The molecular weight excluding hydrogens is 160 g/mol. The van der Waals surface area contributed by atoms with Gasteiger partial charge in [0.1, 0.15) is 12.4 Å². The Bertz CT molecular complexity index is 228. The molecular formula is C11H21N2+. The molecule has 1 aromatic heterocycles. The number of unbranched alkanes of at least 4 members (excludes halogenated alkanes) is 2. The standard InChI is InChI=1S/C11H20N2/c1-3-5-6-9-13-10-8-12-11(13)7-4-2/h8,10H,3-7,9H2,1-2H3/p+1. The molecule has 2 heteroatoms. The minimum absolute atomic E-state index is 1.17. The number of nitrogens with one attached hydrogen (secondary N) is 1. The van der Waals surface area contributed by atoms with Crippen molar-refractivity contribution in [2.45, 2.75) is 52.5 Å². The molecule has 0 aliphatic heterocycles. The molecule has 0 aromatic carbocycles. The second-order valence-corrected chi connectivity index (χ2v) is 3.56. The molecule has 0 spiro atoms. The Balaban J connectivity index is 2.40. The van der Waals surface area contributed by atoms with Crippen LogP contribution in [0.15, 0.2) is 12.4 Å². The van der Waals surface area contributed by atoms with Gasteiger partial charge in [0.15, 0.2) is 0 Å². The molecule has 0 radical (unpaired) electrons. The van der Waals surface area contributed by atoms with E-state index in [-0.39, 0.29) is 0 Å². The Kier molecular flexibility index (Phi) is 4.58. The van der Waals surface area contributed by atoms with Crippen LogP contribution < -0.4 is 4.57 Å². The molecule has 0 unspecified atom stereocenters. The Morgan fingerprint density at radius 1 is 1.23 bits per heavy atom. The van der Waals surface area contributed by atoms with E-state index in [0.29, 0.717) is 0 Å². The summed E-state index contributed by atoms with van der Waals surface area (Å²) in [6.45, 7) is 5.64. The molecule has 1 heterocycles. The van der Waals surface area contributed by atoms with Gasteiger partial charge in [0.05, 0.1) is 6.54 Å². The number of H-pyrrole nitrogens is 1. The third kappa shape index (κ3) is 3.21. The molecule has 74 valence electrons. The van der Waals surface area contributed by atoms with E-state index in [2.05, 4.69) is 29.6 Å². The topological polar surface area (TPSA) is 19.7 Å². The van der Waals surface area contributed by atoms with E-state index < -0.39 is 0 Å². The number of nitrogens with zero attached hydrogens (tertiary/aromatic N) is 1. The highest BCUT2D eigenvalue weighted by atomic mass is 15.1. The van der Waals surface area contributed by atoms with E-state index in [1.807, 2.05) is 6.20 Å². The van der Waals surface area contributed by atoms with Gasteiger partial charge in [-0.2, -0.15) is 0 Å². The number of imidazole rings is 1. The number of aryl methyl sites for hydroxylation is 2. The molecule has 13 heavy (non-hydrogen) atoms. The minimum atomic E-state index is 1.17. The third-order valence-corrected chi connectivity index (χ3v) is 2.34. The van der Waals surface area contributed by atoms with Crippen LogP contribution in [0.5, 0.6) is 0 Å². The zero-order valence-corrected chi connectivity index (χ0v) is 8.84. The summed E-state index contributed by atoms with van der Waals surface area (Å²) < 4.78 is 2.35. The van der Waals surface area contributed by atoms with Gasteiger partial charge < -0.3 is 0 Å². The summed E-state index contributed by atoms with van der Waals surface area (Å²) in [5, 5.41) is 0. The number of hydrogen-bond acceptors (Lipinski definition) is 0. The van der Waals surface area contributed by atoms with Gasteiger partial charge >= 0.3 is 0 Å². The van der Waals surface area contributed by atoms with Crippen LogP contribution in [0.25, 0.3) is 0 Å². The molecule has 1 aromatic rings. The smallest absolute Gasteiger partial charge is 0.248 e. The maximum Gasteiger partial charge on any atom is 0.254 e. The lowest BCUT2D eigenvalue weighted by molar-refractivity contribution is -0.703. The highest BCUT2D eigenvalue weighted by Gasteiger charge is 2.07. The first kappa shape index (κ1) is 10.3. The van der Waals surface area contributed by atoms with Gasteiger partial charge in [-0.3, -0.25) is 0 Å². The van der Waals surface area contributed by atoms with Crippen LogP contribution in [0.1, 0.15) is 45.4 Å². The zero-order valence-electron chi connectivity index (χ0n) is 8.84. The van der Waals surface area contributed by atoms with Crippen molar-refractivity contribution in [2.24, 2.45) is 0 Å². The van der Waals surface area contributed by atoms with Crippen LogP contribution in [0.3, 0.4) is 0 Å². The first-order valence-electron chi connectivity index (χ1n) is 5.44. The molecule has 0 amide bonds. The molecule has 0 fully saturated rings. The van der Waals surface area contributed by atoms with Crippen molar-refractivity contribution in [1.82, 2.24) is 4.98 Å². The second-order valence-electron chi connectivity index (χ2n) is 3.56. The van der Waals surface area contributed by atoms with Crippen molar-refractivity contribution in [3.63, 3.8) is 0 Å². The predicted molar refractivity (Wildman–Crippen MR) is 54.5 cm³/mol. The normalized spacial score (nSPS) is 10.6. The van der Waals surface area contributed by atoms with Crippen molar-refractivity contribution in [2.75, 3.05) is 0 Å². The van der Waals surface area contributed by atoms with E-state index >= 15 is 0 Å². The van der Waals surface area contributed by atoms with Gasteiger partial charge in [0.25, 0.3) is 5.82 Å². The predicted octanol–water partition coefficient (Wildman–Crippen LogP) is 2.44. The van der Waals surface area contributed by atoms with Gasteiger partial charge in [0, 0.05) is 6.42 Å². The lowest BCUT2D eigenvalue weighted by Crippen LogP contribution is -2.35. The summed E-state index contributed by atoms with van der Waals surface area (Å²) >= 11 is 0. The van der Waals surface area contributed by atoms with Crippen LogP contribution in [-0.2, 0) is 13.0 Å². The Hall–Kier alpha value is -0.790. The SMILES string of the molecule is CCCCC[n+]1cc[nH]c1CCC. The first-order valence-corrected chi connectivity index (χ1v) is 5.44. The van der Waals surface area contributed by atoms with Gasteiger partial charge in [-0.25, -0.2) is 9.55 Å². The monoisotopic (exact) mass is 181 g/mol. The quantitative estimate of drug-likeness (QED) is 0.514. The van der Waals surface area contributed by atoms with Gasteiger partial charge in [-0.15, -0.1) is 0 Å². The molecule has 2 nitrogen and oxygen atoms in total. The molecule has 0 aliphatic carbocycles.